The molecule has 0 spiro atoms. The predicted molar refractivity (Wildman–Crippen MR) is 132 cm³/mol. The molecule has 170 valence electrons. The zero-order chi connectivity index (χ0) is 23.3. The van der Waals surface area contributed by atoms with E-state index in [0.717, 1.165) is 28.1 Å². The summed E-state index contributed by atoms with van der Waals surface area (Å²) in [6.07, 6.45) is 1.52. The van der Waals surface area contributed by atoms with Crippen LogP contribution in [-0.2, 0) is 29.4 Å². The minimum absolute atomic E-state index is 0.188. The maximum Gasteiger partial charge on any atom is 0.257 e. The lowest BCUT2D eigenvalue weighted by molar-refractivity contribution is 0.102. The van der Waals surface area contributed by atoms with Crippen molar-refractivity contribution in [3.8, 4) is 11.3 Å². The normalized spacial score (nSPS) is 14.8. The van der Waals surface area contributed by atoms with Gasteiger partial charge in [-0.2, -0.15) is 4.31 Å². The molecule has 1 aliphatic heterocycles. The monoisotopic (exact) mass is 487 g/mol. The van der Waals surface area contributed by atoms with Crippen molar-refractivity contribution >= 4 is 32.4 Å². The Bertz CT molecular complexity index is 1530. The van der Waals surface area contributed by atoms with E-state index in [1.165, 1.54) is 38.9 Å². The molecular formula is C26H21N3O3S2. The minimum atomic E-state index is -3.64. The van der Waals surface area contributed by atoms with E-state index in [2.05, 4.69) is 16.4 Å². The van der Waals surface area contributed by atoms with Gasteiger partial charge in [-0.1, -0.05) is 48.5 Å². The topological polar surface area (TPSA) is 79.4 Å². The fourth-order valence-electron chi connectivity index (χ4n) is 4.59. The van der Waals surface area contributed by atoms with Gasteiger partial charge in [0.1, 0.15) is 0 Å². The average Bonchev–Trinajstić information content (AvgIpc) is 3.41. The summed E-state index contributed by atoms with van der Waals surface area (Å²) in [5.41, 5.74) is 5.91. The van der Waals surface area contributed by atoms with Crippen molar-refractivity contribution in [1.82, 2.24) is 9.29 Å². The molecule has 0 saturated carbocycles. The number of nitrogens with one attached hydrogen (secondary N) is 1. The Morgan fingerprint density at radius 3 is 2.41 bits per heavy atom. The van der Waals surface area contributed by atoms with E-state index in [1.807, 2.05) is 42.5 Å². The second-order valence-corrected chi connectivity index (χ2v) is 11.5. The first-order valence-electron chi connectivity index (χ1n) is 11.1. The van der Waals surface area contributed by atoms with Gasteiger partial charge in [-0.15, -0.1) is 11.3 Å². The molecule has 2 heterocycles. The molecule has 1 aliphatic carbocycles. The number of nitrogens with zero attached hydrogens (tertiary/aromatic N) is 2. The summed E-state index contributed by atoms with van der Waals surface area (Å²) >= 11 is 1.48. The number of carbonyl (C=O) groups is 1. The number of amides is 1. The van der Waals surface area contributed by atoms with Gasteiger partial charge in [0.15, 0.2) is 5.13 Å². The van der Waals surface area contributed by atoms with Gasteiger partial charge in [0.25, 0.3) is 5.91 Å². The van der Waals surface area contributed by atoms with E-state index in [9.17, 15) is 13.2 Å². The highest BCUT2D eigenvalue weighted by Gasteiger charge is 2.28. The third-order valence-corrected chi connectivity index (χ3v) is 9.22. The van der Waals surface area contributed by atoms with Crippen LogP contribution in [0.15, 0.2) is 77.7 Å². The van der Waals surface area contributed by atoms with Gasteiger partial charge < -0.3 is 0 Å². The van der Waals surface area contributed by atoms with Gasteiger partial charge in [-0.25, -0.2) is 13.4 Å². The SMILES string of the molecule is O=C(Nc1nc2c(s1)Cc1ccccc1-2)c1ccc(S(=O)(=O)N2CCc3ccccc3C2)cc1. The lowest BCUT2D eigenvalue weighted by atomic mass is 10.0. The summed E-state index contributed by atoms with van der Waals surface area (Å²) in [7, 11) is -3.64. The third-order valence-electron chi connectivity index (χ3n) is 6.39. The maximum absolute atomic E-state index is 13.2. The summed E-state index contributed by atoms with van der Waals surface area (Å²) in [5, 5.41) is 3.41. The summed E-state index contributed by atoms with van der Waals surface area (Å²) in [5.74, 6) is -0.309. The molecule has 34 heavy (non-hydrogen) atoms. The Balaban J connectivity index is 1.17. The van der Waals surface area contributed by atoms with Gasteiger partial charge in [-0.3, -0.25) is 10.1 Å². The Hall–Kier alpha value is -3.33. The number of rotatable bonds is 4. The lowest BCUT2D eigenvalue weighted by Gasteiger charge is -2.28. The van der Waals surface area contributed by atoms with Crippen LogP contribution >= 0.6 is 11.3 Å². The number of sulfonamides is 1. The van der Waals surface area contributed by atoms with Crippen molar-refractivity contribution in [2.75, 3.05) is 11.9 Å². The number of fused-ring (bicyclic) bond motifs is 4. The second kappa shape index (κ2) is 8.16. The molecule has 1 aromatic heterocycles. The van der Waals surface area contributed by atoms with Crippen molar-refractivity contribution in [1.29, 1.82) is 0 Å². The van der Waals surface area contributed by atoms with E-state index < -0.39 is 10.0 Å². The van der Waals surface area contributed by atoms with E-state index in [0.29, 0.717) is 30.2 Å². The standard InChI is InChI=1S/C26H21N3O3S2/c30-25(28-26-27-24-22-8-4-3-6-19(22)15-23(24)33-26)18-9-11-21(12-10-18)34(31,32)29-14-13-17-5-1-2-7-20(17)16-29/h1-12H,13-16H2,(H,27,28,30). The second-order valence-electron chi connectivity index (χ2n) is 8.46. The molecule has 3 aromatic carbocycles. The first kappa shape index (κ1) is 21.2. The molecule has 0 saturated heterocycles. The fraction of sp³-hybridized carbons (Fsp3) is 0.154. The molecule has 1 amide bonds. The van der Waals surface area contributed by atoms with Crippen LogP contribution in [0.1, 0.15) is 31.9 Å². The lowest BCUT2D eigenvalue weighted by Crippen LogP contribution is -2.35. The van der Waals surface area contributed by atoms with Gasteiger partial charge in [0, 0.05) is 35.5 Å². The van der Waals surface area contributed by atoms with E-state index >= 15 is 0 Å². The molecule has 6 rings (SSSR count). The van der Waals surface area contributed by atoms with E-state index in [-0.39, 0.29) is 10.8 Å². The first-order chi connectivity index (χ1) is 16.5. The Labute approximate surface area is 202 Å². The fourth-order valence-corrected chi connectivity index (χ4v) is 7.00. The van der Waals surface area contributed by atoms with Crippen LogP contribution in [0.25, 0.3) is 11.3 Å². The van der Waals surface area contributed by atoms with Crippen molar-refractivity contribution in [3.05, 3.63) is 99.9 Å². The Morgan fingerprint density at radius 1 is 0.912 bits per heavy atom. The largest absolute Gasteiger partial charge is 0.298 e. The molecule has 0 atom stereocenters. The summed E-state index contributed by atoms with van der Waals surface area (Å²) < 4.78 is 27.8. The molecule has 8 heteroatoms. The predicted octanol–water partition coefficient (Wildman–Crippen LogP) is 4.71. The minimum Gasteiger partial charge on any atom is -0.298 e. The van der Waals surface area contributed by atoms with Gasteiger partial charge in [0.2, 0.25) is 10.0 Å². The molecular weight excluding hydrogens is 466 g/mol. The zero-order valence-corrected chi connectivity index (χ0v) is 19.8. The maximum atomic E-state index is 13.2. The highest BCUT2D eigenvalue weighted by atomic mass is 32.2. The molecule has 1 N–H and O–H groups in total. The first-order valence-corrected chi connectivity index (χ1v) is 13.3. The highest BCUT2D eigenvalue weighted by Crippen LogP contribution is 2.40. The molecule has 4 aromatic rings. The van der Waals surface area contributed by atoms with Gasteiger partial charge in [-0.05, 0) is 47.4 Å². The smallest absolute Gasteiger partial charge is 0.257 e. The van der Waals surface area contributed by atoms with E-state index in [1.54, 1.807) is 12.1 Å². The summed E-state index contributed by atoms with van der Waals surface area (Å²) in [4.78, 5) is 18.7. The number of hydrogen-bond donors (Lipinski definition) is 1. The quantitative estimate of drug-likeness (QED) is 0.398. The Morgan fingerprint density at radius 2 is 1.62 bits per heavy atom. The molecule has 0 bridgehead atoms. The third kappa shape index (κ3) is 3.64. The molecule has 6 nitrogen and oxygen atoms in total. The van der Waals surface area contributed by atoms with Crippen molar-refractivity contribution in [3.63, 3.8) is 0 Å². The molecule has 0 fully saturated rings. The van der Waals surface area contributed by atoms with Crippen molar-refractivity contribution in [2.45, 2.75) is 24.3 Å². The van der Waals surface area contributed by atoms with E-state index in [4.69, 9.17) is 0 Å². The van der Waals surface area contributed by atoms with Crippen LogP contribution in [0.2, 0.25) is 0 Å². The van der Waals surface area contributed by atoms with Crippen LogP contribution in [0.4, 0.5) is 5.13 Å². The van der Waals surface area contributed by atoms with Gasteiger partial charge >= 0.3 is 0 Å². The molecule has 2 aliphatic rings. The van der Waals surface area contributed by atoms with Crippen molar-refractivity contribution < 1.29 is 13.2 Å². The number of hydrogen-bond acceptors (Lipinski definition) is 5. The number of thiazole rings is 1. The summed E-state index contributed by atoms with van der Waals surface area (Å²) in [6.45, 7) is 0.804. The zero-order valence-electron chi connectivity index (χ0n) is 18.2. The number of aromatic nitrogens is 1. The number of benzene rings is 3. The average molecular weight is 488 g/mol. The number of carbonyl (C=O) groups excluding carboxylic acids is 1. The number of anilines is 1. The van der Waals surface area contributed by atoms with Crippen LogP contribution in [0, 0.1) is 0 Å². The Kier molecular flexibility index (Phi) is 5.09. The molecule has 0 radical (unpaired) electrons. The van der Waals surface area contributed by atoms with Crippen molar-refractivity contribution in [2.24, 2.45) is 0 Å². The van der Waals surface area contributed by atoms with Crippen LogP contribution < -0.4 is 5.32 Å². The molecule has 0 unspecified atom stereocenters. The van der Waals surface area contributed by atoms with Crippen LogP contribution in [0.3, 0.4) is 0 Å². The van der Waals surface area contributed by atoms with Crippen LogP contribution in [0.5, 0.6) is 0 Å². The summed E-state index contributed by atoms with van der Waals surface area (Å²) in [6, 6.07) is 22.2. The highest BCUT2D eigenvalue weighted by molar-refractivity contribution is 7.89. The van der Waals surface area contributed by atoms with Crippen LogP contribution in [-0.4, -0.2) is 30.2 Å². The van der Waals surface area contributed by atoms with Gasteiger partial charge in [0.05, 0.1) is 10.6 Å².